The predicted molar refractivity (Wildman–Crippen MR) is 66.9 cm³/mol. The summed E-state index contributed by atoms with van der Waals surface area (Å²) in [5.41, 5.74) is 0.616. The molecule has 0 aliphatic rings. The summed E-state index contributed by atoms with van der Waals surface area (Å²) in [7, 11) is 0. The Morgan fingerprint density at radius 1 is 1.00 bits per heavy atom. The van der Waals surface area contributed by atoms with Crippen molar-refractivity contribution in [1.82, 2.24) is 0 Å². The van der Waals surface area contributed by atoms with E-state index in [-0.39, 0.29) is 17.4 Å². The van der Waals surface area contributed by atoms with Gasteiger partial charge in [-0.1, -0.05) is 19.9 Å². The van der Waals surface area contributed by atoms with Gasteiger partial charge in [-0.15, -0.1) is 0 Å². The number of ether oxygens (including phenoxy) is 1. The van der Waals surface area contributed by atoms with E-state index in [1.807, 2.05) is 13.8 Å². The fraction of sp³-hybridized carbons (Fsp3) is 0.200. The summed E-state index contributed by atoms with van der Waals surface area (Å²) in [6, 6.07) is 7.83. The Kier molecular flexibility index (Phi) is 3.79. The van der Waals surface area contributed by atoms with Gasteiger partial charge in [0, 0.05) is 6.07 Å². The molecular formula is C15H13F3O. The molecule has 0 aromatic heterocycles. The summed E-state index contributed by atoms with van der Waals surface area (Å²) < 4.78 is 45.3. The van der Waals surface area contributed by atoms with E-state index in [0.717, 1.165) is 12.1 Å². The molecule has 2 rings (SSSR count). The van der Waals surface area contributed by atoms with Gasteiger partial charge in [0.25, 0.3) is 0 Å². The molecule has 4 heteroatoms. The maximum absolute atomic E-state index is 13.6. The summed E-state index contributed by atoms with van der Waals surface area (Å²) in [5, 5.41) is 0. The summed E-state index contributed by atoms with van der Waals surface area (Å²) in [4.78, 5) is 0. The maximum atomic E-state index is 13.6. The van der Waals surface area contributed by atoms with Gasteiger partial charge in [0.05, 0.1) is 0 Å². The van der Waals surface area contributed by atoms with Crippen LogP contribution in [0.15, 0.2) is 36.4 Å². The monoisotopic (exact) mass is 266 g/mol. The Hall–Kier alpha value is -1.97. The molecule has 0 saturated carbocycles. The zero-order valence-electron chi connectivity index (χ0n) is 10.6. The first-order chi connectivity index (χ1) is 8.97. The molecule has 0 spiro atoms. The van der Waals surface area contributed by atoms with Crippen molar-refractivity contribution in [2.24, 2.45) is 0 Å². The van der Waals surface area contributed by atoms with Crippen molar-refractivity contribution < 1.29 is 17.9 Å². The number of benzene rings is 2. The zero-order valence-corrected chi connectivity index (χ0v) is 10.6. The van der Waals surface area contributed by atoms with E-state index in [2.05, 4.69) is 0 Å². The molecule has 1 nitrogen and oxygen atoms in total. The SMILES string of the molecule is CC(C)c1cc(F)c(F)c(Oc2cccc(F)c2)c1. The van der Waals surface area contributed by atoms with Crippen LogP contribution in [0.5, 0.6) is 11.5 Å². The Morgan fingerprint density at radius 2 is 1.74 bits per heavy atom. The minimum absolute atomic E-state index is 0.0324. The second kappa shape index (κ2) is 5.34. The molecule has 2 aromatic carbocycles. The van der Waals surface area contributed by atoms with Crippen LogP contribution >= 0.6 is 0 Å². The van der Waals surface area contributed by atoms with Crippen LogP contribution in [0.4, 0.5) is 13.2 Å². The standard InChI is InChI=1S/C15H13F3O/c1-9(2)10-6-13(17)15(18)14(7-10)19-12-5-3-4-11(16)8-12/h3-9H,1-2H3. The first-order valence-electron chi connectivity index (χ1n) is 5.89. The summed E-state index contributed by atoms with van der Waals surface area (Å²) in [5.74, 6) is -2.64. The van der Waals surface area contributed by atoms with Crippen LogP contribution in [-0.4, -0.2) is 0 Å². The lowest BCUT2D eigenvalue weighted by molar-refractivity contribution is 0.412. The number of halogens is 3. The lowest BCUT2D eigenvalue weighted by Gasteiger charge is -2.11. The van der Waals surface area contributed by atoms with E-state index in [9.17, 15) is 13.2 Å². The van der Waals surface area contributed by atoms with E-state index in [0.29, 0.717) is 5.56 Å². The van der Waals surface area contributed by atoms with Gasteiger partial charge >= 0.3 is 0 Å². The molecule has 0 amide bonds. The molecule has 0 aliphatic carbocycles. The minimum Gasteiger partial charge on any atom is -0.454 e. The Morgan fingerprint density at radius 3 is 2.37 bits per heavy atom. The van der Waals surface area contributed by atoms with Gasteiger partial charge < -0.3 is 4.74 Å². The third kappa shape index (κ3) is 3.08. The Bertz CT molecular complexity index is 594. The molecule has 0 fully saturated rings. The summed E-state index contributed by atoms with van der Waals surface area (Å²) >= 11 is 0. The molecule has 19 heavy (non-hydrogen) atoms. The number of hydrogen-bond acceptors (Lipinski definition) is 1. The third-order valence-corrected chi connectivity index (χ3v) is 2.71. The van der Waals surface area contributed by atoms with Crippen molar-refractivity contribution in [1.29, 1.82) is 0 Å². The van der Waals surface area contributed by atoms with Crippen molar-refractivity contribution in [3.63, 3.8) is 0 Å². The van der Waals surface area contributed by atoms with Crippen LogP contribution in [0.1, 0.15) is 25.3 Å². The summed E-state index contributed by atoms with van der Waals surface area (Å²) in [6.07, 6.45) is 0. The lowest BCUT2D eigenvalue weighted by Crippen LogP contribution is -1.97. The quantitative estimate of drug-likeness (QED) is 0.758. The first-order valence-corrected chi connectivity index (χ1v) is 5.89. The molecule has 0 heterocycles. The zero-order chi connectivity index (χ0) is 14.0. The molecule has 0 bridgehead atoms. The van der Waals surface area contributed by atoms with Crippen LogP contribution < -0.4 is 4.74 Å². The van der Waals surface area contributed by atoms with Crippen LogP contribution in [0.3, 0.4) is 0 Å². The van der Waals surface area contributed by atoms with Crippen molar-refractivity contribution >= 4 is 0 Å². The number of hydrogen-bond donors (Lipinski definition) is 0. The second-order valence-electron chi connectivity index (χ2n) is 4.53. The topological polar surface area (TPSA) is 9.23 Å². The first kappa shape index (κ1) is 13.5. The average molecular weight is 266 g/mol. The van der Waals surface area contributed by atoms with Crippen molar-refractivity contribution in [3.05, 3.63) is 59.4 Å². The fourth-order valence-electron chi connectivity index (χ4n) is 1.65. The van der Waals surface area contributed by atoms with Crippen molar-refractivity contribution in [3.8, 4) is 11.5 Å². The van der Waals surface area contributed by atoms with Gasteiger partial charge in [-0.2, -0.15) is 4.39 Å². The molecular weight excluding hydrogens is 253 g/mol. The Balaban J connectivity index is 2.39. The van der Waals surface area contributed by atoms with Crippen molar-refractivity contribution in [2.75, 3.05) is 0 Å². The van der Waals surface area contributed by atoms with E-state index in [1.54, 1.807) is 0 Å². The molecule has 0 N–H and O–H groups in total. The molecule has 0 aliphatic heterocycles. The van der Waals surface area contributed by atoms with Crippen LogP contribution in [0.25, 0.3) is 0 Å². The fourth-order valence-corrected chi connectivity index (χ4v) is 1.65. The highest BCUT2D eigenvalue weighted by Crippen LogP contribution is 2.30. The van der Waals surface area contributed by atoms with Gasteiger partial charge in [0.2, 0.25) is 5.82 Å². The van der Waals surface area contributed by atoms with Gasteiger partial charge in [-0.3, -0.25) is 0 Å². The minimum atomic E-state index is -1.08. The predicted octanol–water partition coefficient (Wildman–Crippen LogP) is 5.02. The molecule has 2 aromatic rings. The average Bonchev–Trinajstić information content (AvgIpc) is 2.34. The van der Waals surface area contributed by atoms with Crippen LogP contribution in [-0.2, 0) is 0 Å². The molecule has 0 radical (unpaired) electrons. The van der Waals surface area contributed by atoms with Crippen LogP contribution in [0.2, 0.25) is 0 Å². The maximum Gasteiger partial charge on any atom is 0.201 e. The molecule has 100 valence electrons. The highest BCUT2D eigenvalue weighted by molar-refractivity contribution is 5.37. The Labute approximate surface area is 109 Å². The van der Waals surface area contributed by atoms with Gasteiger partial charge in [0.1, 0.15) is 11.6 Å². The van der Waals surface area contributed by atoms with E-state index in [4.69, 9.17) is 4.74 Å². The van der Waals surface area contributed by atoms with Gasteiger partial charge in [-0.05, 0) is 35.7 Å². The normalized spacial score (nSPS) is 10.8. The van der Waals surface area contributed by atoms with Gasteiger partial charge in [-0.25, -0.2) is 8.78 Å². The molecule has 0 unspecified atom stereocenters. The molecule has 0 atom stereocenters. The van der Waals surface area contributed by atoms with Gasteiger partial charge in [0.15, 0.2) is 11.6 Å². The number of rotatable bonds is 3. The highest BCUT2D eigenvalue weighted by Gasteiger charge is 2.14. The van der Waals surface area contributed by atoms with Crippen LogP contribution in [0, 0.1) is 17.5 Å². The largest absolute Gasteiger partial charge is 0.454 e. The van der Waals surface area contributed by atoms with Crippen molar-refractivity contribution in [2.45, 2.75) is 19.8 Å². The highest BCUT2D eigenvalue weighted by atomic mass is 19.2. The van der Waals surface area contributed by atoms with E-state index < -0.39 is 17.5 Å². The van der Waals surface area contributed by atoms with E-state index in [1.165, 1.54) is 24.3 Å². The van der Waals surface area contributed by atoms with E-state index >= 15 is 0 Å². The third-order valence-electron chi connectivity index (χ3n) is 2.71. The molecule has 0 saturated heterocycles. The smallest absolute Gasteiger partial charge is 0.201 e. The lowest BCUT2D eigenvalue weighted by atomic mass is 10.0. The summed E-state index contributed by atoms with van der Waals surface area (Å²) in [6.45, 7) is 3.72. The second-order valence-corrected chi connectivity index (χ2v) is 4.53.